The minimum atomic E-state index is -5.39. The number of anilines is 3. The summed E-state index contributed by atoms with van der Waals surface area (Å²) >= 11 is 0. The van der Waals surface area contributed by atoms with E-state index in [0.717, 1.165) is 13.8 Å². The maximum absolute atomic E-state index is 11.8. The Hall–Kier alpha value is -2.52. The van der Waals surface area contributed by atoms with Crippen LogP contribution in [0.15, 0.2) is 37.8 Å². The Labute approximate surface area is 188 Å². The van der Waals surface area contributed by atoms with Gasteiger partial charge in [0.2, 0.25) is 0 Å². The zero-order valence-corrected chi connectivity index (χ0v) is 19.5. The van der Waals surface area contributed by atoms with E-state index in [0.29, 0.717) is 23.3 Å². The monoisotopic (exact) mass is 541 g/mol. The highest BCUT2D eigenvalue weighted by Gasteiger charge is 2.30. The first-order valence-electron chi connectivity index (χ1n) is 8.22. The van der Waals surface area contributed by atoms with E-state index in [1.165, 1.54) is 0 Å². The molecule has 1 aliphatic rings. The number of nitrogens with one attached hydrogen (secondary N) is 2. The molecule has 1 heterocycles. The van der Waals surface area contributed by atoms with E-state index in [-0.39, 0.29) is 0 Å². The molecule has 0 aliphatic carbocycles. The second-order valence-corrected chi connectivity index (χ2v) is 12.1. The van der Waals surface area contributed by atoms with Crippen LogP contribution in [-0.2, 0) is 40.5 Å². The maximum atomic E-state index is 11.8. The second kappa shape index (κ2) is 7.50. The topological polar surface area (TPSA) is 256 Å². The van der Waals surface area contributed by atoms with Crippen molar-refractivity contribution < 1.29 is 51.9 Å². The summed E-state index contributed by atoms with van der Waals surface area (Å²) in [6, 6.07) is 1.96. The molecule has 0 aromatic heterocycles. The van der Waals surface area contributed by atoms with Crippen molar-refractivity contribution in [2.24, 2.45) is 0 Å². The van der Waals surface area contributed by atoms with Crippen molar-refractivity contribution in [3.63, 3.8) is 0 Å². The van der Waals surface area contributed by atoms with Gasteiger partial charge in [0.25, 0.3) is 0 Å². The molecule has 2 aromatic rings. The lowest BCUT2D eigenvalue weighted by atomic mass is 10.2. The molecule has 0 saturated carbocycles. The number of nitrogens with zero attached hydrogens (tertiary/aromatic N) is 1. The van der Waals surface area contributed by atoms with Gasteiger partial charge in [0, 0.05) is 0 Å². The Morgan fingerprint density at radius 1 is 0.636 bits per heavy atom. The third-order valence-electron chi connectivity index (χ3n) is 4.55. The fourth-order valence-corrected chi connectivity index (χ4v) is 6.45. The van der Waals surface area contributed by atoms with Gasteiger partial charge in [0.15, 0.2) is 0 Å². The van der Waals surface area contributed by atoms with Crippen molar-refractivity contribution in [3.05, 3.63) is 29.3 Å². The smallest absolute Gasteiger partial charge is 0.126 e. The van der Waals surface area contributed by atoms with Crippen LogP contribution < -0.4 is 16.0 Å². The van der Waals surface area contributed by atoms with Gasteiger partial charge in [-0.15, -0.1) is 0 Å². The Bertz CT molecular complexity index is 1580. The summed E-state index contributed by atoms with van der Waals surface area (Å²) in [6.07, 6.45) is 0. The molecule has 0 radical (unpaired) electrons. The highest BCUT2D eigenvalue weighted by molar-refractivity contribution is 7.87. The van der Waals surface area contributed by atoms with Gasteiger partial charge in [-0.3, -0.25) is 10.9 Å². The first-order valence-corrected chi connectivity index (χ1v) is 13.9. The van der Waals surface area contributed by atoms with Crippen molar-refractivity contribution in [3.8, 4) is 0 Å². The normalized spacial score (nSPS) is 14.5. The van der Waals surface area contributed by atoms with Gasteiger partial charge in [-0.2, -0.15) is 5.12 Å². The summed E-state index contributed by atoms with van der Waals surface area (Å²) in [7, 11) is -21.3. The molecular formula is C14H11N3O12S4-4. The fourth-order valence-electron chi connectivity index (χ4n) is 3.19. The molecule has 2 N–H and O–H groups in total. The molecule has 0 fully saturated rings. The Balaban J connectivity index is 2.30. The summed E-state index contributed by atoms with van der Waals surface area (Å²) < 4.78 is 139. The largest absolute Gasteiger partial charge is 0.744 e. The van der Waals surface area contributed by atoms with Crippen LogP contribution in [0.5, 0.6) is 0 Å². The summed E-state index contributed by atoms with van der Waals surface area (Å²) in [5.41, 5.74) is 1.66. The number of hydrazine groups is 2. The van der Waals surface area contributed by atoms with Crippen molar-refractivity contribution in [2.75, 3.05) is 16.0 Å². The molecule has 33 heavy (non-hydrogen) atoms. The molecule has 0 amide bonds. The lowest BCUT2D eigenvalue weighted by Gasteiger charge is -2.24. The molecule has 0 spiro atoms. The van der Waals surface area contributed by atoms with Gasteiger partial charge >= 0.3 is 0 Å². The lowest BCUT2D eigenvalue weighted by Crippen LogP contribution is -2.30. The molecule has 0 saturated heterocycles. The van der Waals surface area contributed by atoms with Crippen LogP contribution in [0, 0.1) is 13.8 Å². The fraction of sp³-hybridized carbons (Fsp3) is 0.143. The van der Waals surface area contributed by atoms with Crippen molar-refractivity contribution >= 4 is 57.5 Å². The number of rotatable bonds is 5. The number of fused-ring (bicyclic) bond motifs is 1. The first-order chi connectivity index (χ1) is 14.7. The van der Waals surface area contributed by atoms with Crippen LogP contribution in [0.1, 0.15) is 11.1 Å². The van der Waals surface area contributed by atoms with E-state index in [2.05, 4.69) is 10.9 Å². The summed E-state index contributed by atoms with van der Waals surface area (Å²) in [4.78, 5) is -4.37. The van der Waals surface area contributed by atoms with Crippen LogP contribution in [-0.4, -0.2) is 51.9 Å². The van der Waals surface area contributed by atoms with Crippen LogP contribution >= 0.6 is 0 Å². The SMILES string of the molecule is Cc1c(S(=O)(=O)[O-])cc(N2Nc3cc(S(=O)(=O)[O-])c(C)c(S(=O)(=O)[O-])c3N2)cc1S(=O)(=O)[O-]. The maximum Gasteiger partial charge on any atom is 0.126 e. The first kappa shape index (κ1) is 25.1. The van der Waals surface area contributed by atoms with Crippen molar-refractivity contribution in [2.45, 2.75) is 33.4 Å². The van der Waals surface area contributed by atoms with Gasteiger partial charge in [-0.05, 0) is 43.2 Å². The molecule has 15 nitrogen and oxygen atoms in total. The van der Waals surface area contributed by atoms with E-state index < -0.39 is 88.2 Å². The van der Waals surface area contributed by atoms with E-state index in [9.17, 15) is 51.9 Å². The van der Waals surface area contributed by atoms with Gasteiger partial charge in [-0.25, -0.2) is 33.7 Å². The highest BCUT2D eigenvalue weighted by Crippen LogP contribution is 2.42. The van der Waals surface area contributed by atoms with Crippen LogP contribution in [0.3, 0.4) is 0 Å². The predicted molar refractivity (Wildman–Crippen MR) is 104 cm³/mol. The van der Waals surface area contributed by atoms with Crippen LogP contribution in [0.4, 0.5) is 17.1 Å². The Morgan fingerprint density at radius 2 is 1.06 bits per heavy atom. The molecular weight excluding hydrogens is 530 g/mol. The quantitative estimate of drug-likeness (QED) is 0.434. The molecule has 0 unspecified atom stereocenters. The molecule has 1 aliphatic heterocycles. The van der Waals surface area contributed by atoms with Gasteiger partial charge in [0.1, 0.15) is 40.5 Å². The van der Waals surface area contributed by atoms with Gasteiger partial charge < -0.3 is 18.2 Å². The van der Waals surface area contributed by atoms with E-state index in [4.69, 9.17) is 0 Å². The average molecular weight is 542 g/mol. The summed E-state index contributed by atoms with van der Waals surface area (Å²) in [5.74, 6) is 0. The molecule has 3 rings (SSSR count). The third-order valence-corrected chi connectivity index (χ3v) is 8.45. The summed E-state index contributed by atoms with van der Waals surface area (Å²) in [6.45, 7) is 1.78. The van der Waals surface area contributed by atoms with E-state index >= 15 is 0 Å². The van der Waals surface area contributed by atoms with Crippen molar-refractivity contribution in [1.29, 1.82) is 0 Å². The second-order valence-electron chi connectivity index (χ2n) is 6.69. The Morgan fingerprint density at radius 3 is 1.45 bits per heavy atom. The zero-order valence-electron chi connectivity index (χ0n) is 16.2. The third kappa shape index (κ3) is 4.61. The van der Waals surface area contributed by atoms with Crippen molar-refractivity contribution in [1.82, 2.24) is 0 Å². The molecule has 2 aromatic carbocycles. The lowest BCUT2D eigenvalue weighted by molar-refractivity contribution is 0.455. The van der Waals surface area contributed by atoms with Gasteiger partial charge in [-0.1, -0.05) is 0 Å². The predicted octanol–water partition coefficient (Wildman–Crippen LogP) is -0.906. The van der Waals surface area contributed by atoms with Gasteiger partial charge in [0.05, 0.1) is 36.6 Å². The van der Waals surface area contributed by atoms with Crippen LogP contribution in [0.25, 0.3) is 0 Å². The Kier molecular flexibility index (Phi) is 5.70. The minimum absolute atomic E-state index is 0.455. The molecule has 182 valence electrons. The molecule has 0 atom stereocenters. The number of benzene rings is 2. The van der Waals surface area contributed by atoms with E-state index in [1.807, 2.05) is 0 Å². The molecule has 0 bridgehead atoms. The number of hydrogen-bond donors (Lipinski definition) is 2. The molecule has 19 heteroatoms. The summed E-state index contributed by atoms with van der Waals surface area (Å²) in [5, 5.41) is 0.614. The highest BCUT2D eigenvalue weighted by atomic mass is 32.2. The average Bonchev–Trinajstić information content (AvgIpc) is 3.00. The number of hydrogen-bond acceptors (Lipinski definition) is 15. The van der Waals surface area contributed by atoms with Crippen LogP contribution in [0.2, 0.25) is 0 Å². The standard InChI is InChI=1S/C14H15N3O12S4/c1-6-10(30(18,19)20)3-8(4-11(6)31(21,22)23)17-15-9-5-12(32(24,25)26)7(2)14(13(9)16-17)33(27,28)29/h3-5,15-16H,1-2H3,(H,18,19,20)(H,21,22,23)(H,24,25,26)(H,27,28,29)/p-4. The zero-order chi connectivity index (χ0) is 25.3. The minimum Gasteiger partial charge on any atom is -0.744 e. The van der Waals surface area contributed by atoms with E-state index in [1.54, 1.807) is 0 Å².